The van der Waals surface area contributed by atoms with Crippen molar-refractivity contribution >= 4 is 11.6 Å². The quantitative estimate of drug-likeness (QED) is 0.637. The molecule has 0 fully saturated rings. The van der Waals surface area contributed by atoms with Gasteiger partial charge in [-0.3, -0.25) is 16.0 Å². The fourth-order valence-corrected chi connectivity index (χ4v) is 2.31. The number of aromatic nitrogens is 4. The number of halogens is 1. The van der Waals surface area contributed by atoms with Gasteiger partial charge in [0.15, 0.2) is 0 Å². The van der Waals surface area contributed by atoms with Gasteiger partial charge in [-0.05, 0) is 13.3 Å². The van der Waals surface area contributed by atoms with Crippen LogP contribution in [0.2, 0.25) is 5.15 Å². The van der Waals surface area contributed by atoms with Crippen LogP contribution in [0.25, 0.3) is 0 Å². The summed E-state index contributed by atoms with van der Waals surface area (Å²) in [5, 5.41) is 4.94. The van der Waals surface area contributed by atoms with E-state index in [9.17, 15) is 0 Å². The minimum absolute atomic E-state index is 0.0436. The van der Waals surface area contributed by atoms with E-state index in [0.717, 1.165) is 17.0 Å². The van der Waals surface area contributed by atoms with Crippen LogP contribution in [0.15, 0.2) is 12.5 Å². The molecule has 2 aromatic rings. The van der Waals surface area contributed by atoms with Crippen molar-refractivity contribution < 1.29 is 0 Å². The lowest BCUT2D eigenvalue weighted by Crippen LogP contribution is -2.31. The number of rotatable bonds is 4. The van der Waals surface area contributed by atoms with E-state index in [4.69, 9.17) is 17.4 Å². The lowest BCUT2D eigenvalue weighted by atomic mass is 10.1. The number of imidazole rings is 1. The Hall–Kier alpha value is -1.37. The van der Waals surface area contributed by atoms with Gasteiger partial charge in [0.2, 0.25) is 0 Å². The van der Waals surface area contributed by atoms with Crippen LogP contribution in [0.4, 0.5) is 0 Å². The van der Waals surface area contributed by atoms with E-state index in [-0.39, 0.29) is 6.04 Å². The Kier molecular flexibility index (Phi) is 3.70. The number of nitrogens with one attached hydrogen (secondary N) is 1. The highest BCUT2D eigenvalue weighted by Crippen LogP contribution is 2.25. The van der Waals surface area contributed by atoms with E-state index >= 15 is 0 Å². The molecule has 18 heavy (non-hydrogen) atoms. The van der Waals surface area contributed by atoms with Crippen LogP contribution in [-0.4, -0.2) is 19.3 Å². The van der Waals surface area contributed by atoms with Gasteiger partial charge in [-0.1, -0.05) is 11.6 Å². The van der Waals surface area contributed by atoms with Gasteiger partial charge >= 0.3 is 0 Å². The first-order valence-electron chi connectivity index (χ1n) is 5.65. The Morgan fingerprint density at radius 2 is 2.22 bits per heavy atom. The summed E-state index contributed by atoms with van der Waals surface area (Å²) in [6.45, 7) is 1.94. The number of nitrogens with two attached hydrogens (primary N) is 1. The molecule has 0 radical (unpaired) electrons. The van der Waals surface area contributed by atoms with Gasteiger partial charge in [0.1, 0.15) is 5.15 Å². The van der Waals surface area contributed by atoms with E-state index in [0.29, 0.717) is 11.6 Å². The summed E-state index contributed by atoms with van der Waals surface area (Å²) in [5.74, 6) is 5.63. The third kappa shape index (κ3) is 2.27. The third-order valence-corrected chi connectivity index (χ3v) is 3.56. The van der Waals surface area contributed by atoms with Gasteiger partial charge in [0.25, 0.3) is 0 Å². The zero-order chi connectivity index (χ0) is 13.3. The van der Waals surface area contributed by atoms with E-state index in [1.54, 1.807) is 17.2 Å². The smallest absolute Gasteiger partial charge is 0.130 e. The topological polar surface area (TPSA) is 73.7 Å². The van der Waals surface area contributed by atoms with E-state index in [2.05, 4.69) is 15.5 Å². The van der Waals surface area contributed by atoms with E-state index in [1.807, 2.05) is 25.6 Å². The molecule has 7 heteroatoms. The molecule has 3 N–H and O–H groups in total. The highest BCUT2D eigenvalue weighted by Gasteiger charge is 2.19. The lowest BCUT2D eigenvalue weighted by Gasteiger charge is -2.16. The Bertz CT molecular complexity index is 544. The summed E-state index contributed by atoms with van der Waals surface area (Å²) in [6.07, 6.45) is 4.22. The van der Waals surface area contributed by atoms with Gasteiger partial charge in [0.05, 0.1) is 23.8 Å². The van der Waals surface area contributed by atoms with Crippen LogP contribution < -0.4 is 11.3 Å². The van der Waals surface area contributed by atoms with Crippen molar-refractivity contribution in [3.63, 3.8) is 0 Å². The van der Waals surface area contributed by atoms with E-state index in [1.165, 1.54) is 0 Å². The predicted octanol–water partition coefficient (Wildman–Crippen LogP) is 0.863. The Labute approximate surface area is 111 Å². The molecule has 0 aliphatic rings. The largest absolute Gasteiger partial charge is 0.336 e. The molecule has 98 valence electrons. The summed E-state index contributed by atoms with van der Waals surface area (Å²) in [5.41, 5.74) is 5.74. The van der Waals surface area contributed by atoms with Crippen molar-refractivity contribution in [1.82, 2.24) is 24.8 Å². The van der Waals surface area contributed by atoms with Crippen LogP contribution in [0, 0.1) is 6.92 Å². The fourth-order valence-electron chi connectivity index (χ4n) is 2.06. The molecule has 2 heterocycles. The summed E-state index contributed by atoms with van der Waals surface area (Å²) in [6, 6.07) is -0.0436. The summed E-state index contributed by atoms with van der Waals surface area (Å²) < 4.78 is 3.60. The van der Waals surface area contributed by atoms with Gasteiger partial charge in [0, 0.05) is 25.9 Å². The van der Waals surface area contributed by atoms with Crippen molar-refractivity contribution in [2.24, 2.45) is 19.9 Å². The second kappa shape index (κ2) is 5.09. The second-order valence-electron chi connectivity index (χ2n) is 4.33. The highest BCUT2D eigenvalue weighted by atomic mass is 35.5. The fraction of sp³-hybridized carbons (Fsp3) is 0.455. The normalized spacial score (nSPS) is 12.9. The molecule has 0 spiro atoms. The molecular weight excluding hydrogens is 252 g/mol. The highest BCUT2D eigenvalue weighted by molar-refractivity contribution is 6.30. The molecule has 0 aromatic carbocycles. The molecule has 0 saturated carbocycles. The van der Waals surface area contributed by atoms with Crippen molar-refractivity contribution in [2.75, 3.05) is 0 Å². The van der Waals surface area contributed by atoms with Crippen LogP contribution >= 0.6 is 11.6 Å². The maximum atomic E-state index is 6.23. The lowest BCUT2D eigenvalue weighted by molar-refractivity contribution is 0.521. The SMILES string of the molecule is Cc1nn(C)c(Cl)c1CC(NN)c1cncn1C. The van der Waals surface area contributed by atoms with Gasteiger partial charge in [-0.25, -0.2) is 4.98 Å². The average Bonchev–Trinajstić information content (AvgIpc) is 2.84. The maximum Gasteiger partial charge on any atom is 0.130 e. The van der Waals surface area contributed by atoms with Crippen molar-refractivity contribution in [2.45, 2.75) is 19.4 Å². The Balaban J connectivity index is 2.29. The average molecular weight is 269 g/mol. The summed E-state index contributed by atoms with van der Waals surface area (Å²) in [7, 11) is 3.76. The second-order valence-corrected chi connectivity index (χ2v) is 4.69. The van der Waals surface area contributed by atoms with Crippen molar-refractivity contribution in [3.05, 3.63) is 34.6 Å². The molecule has 0 bridgehead atoms. The van der Waals surface area contributed by atoms with Crippen LogP contribution in [0.3, 0.4) is 0 Å². The van der Waals surface area contributed by atoms with Crippen LogP contribution in [0.1, 0.15) is 23.0 Å². The molecule has 2 rings (SSSR count). The molecular formula is C11H17ClN6. The van der Waals surface area contributed by atoms with Crippen LogP contribution in [-0.2, 0) is 20.5 Å². The number of hydrogen-bond donors (Lipinski definition) is 2. The predicted molar refractivity (Wildman–Crippen MR) is 69.9 cm³/mol. The zero-order valence-corrected chi connectivity index (χ0v) is 11.4. The summed E-state index contributed by atoms with van der Waals surface area (Å²) >= 11 is 6.23. The number of hydrazine groups is 1. The Morgan fingerprint density at radius 1 is 1.50 bits per heavy atom. The molecule has 0 amide bonds. The molecule has 2 aromatic heterocycles. The van der Waals surface area contributed by atoms with Crippen molar-refractivity contribution in [1.29, 1.82) is 0 Å². The van der Waals surface area contributed by atoms with Crippen molar-refractivity contribution in [3.8, 4) is 0 Å². The zero-order valence-electron chi connectivity index (χ0n) is 10.7. The molecule has 0 aliphatic carbocycles. The third-order valence-electron chi connectivity index (χ3n) is 3.09. The van der Waals surface area contributed by atoms with Gasteiger partial charge < -0.3 is 4.57 Å². The first-order valence-corrected chi connectivity index (χ1v) is 6.02. The maximum absolute atomic E-state index is 6.23. The Morgan fingerprint density at radius 3 is 2.67 bits per heavy atom. The first kappa shape index (κ1) is 13.1. The minimum atomic E-state index is -0.0436. The molecule has 1 unspecified atom stereocenters. The number of nitrogens with zero attached hydrogens (tertiary/aromatic N) is 4. The summed E-state index contributed by atoms with van der Waals surface area (Å²) in [4.78, 5) is 4.10. The van der Waals surface area contributed by atoms with Gasteiger partial charge in [-0.2, -0.15) is 5.10 Å². The monoisotopic (exact) mass is 268 g/mol. The minimum Gasteiger partial charge on any atom is -0.336 e. The molecule has 0 saturated heterocycles. The molecule has 0 aliphatic heterocycles. The number of hydrogen-bond acceptors (Lipinski definition) is 4. The number of aryl methyl sites for hydroxylation is 3. The molecule has 6 nitrogen and oxygen atoms in total. The molecule has 1 atom stereocenters. The first-order chi connectivity index (χ1) is 8.54. The van der Waals surface area contributed by atoms with Gasteiger partial charge in [-0.15, -0.1) is 0 Å². The van der Waals surface area contributed by atoms with Crippen LogP contribution in [0.5, 0.6) is 0 Å². The van der Waals surface area contributed by atoms with E-state index < -0.39 is 0 Å². The standard InChI is InChI=1S/C11H17ClN6/c1-7-8(11(12)18(3)16-7)4-9(15-13)10-5-14-6-17(10)2/h5-6,9,15H,4,13H2,1-3H3.